The fraction of sp³-hybridized carbons (Fsp3) is 0.550. The lowest BCUT2D eigenvalue weighted by Gasteiger charge is -2.36. The molecule has 1 saturated heterocycles. The van der Waals surface area contributed by atoms with Gasteiger partial charge in [0.05, 0.1) is 30.9 Å². The predicted molar refractivity (Wildman–Crippen MR) is 115 cm³/mol. The second kappa shape index (κ2) is 7.35. The molecule has 2 aliphatic heterocycles. The maximum Gasteiger partial charge on any atom is 0.227 e. The zero-order chi connectivity index (χ0) is 20.8. The quantitative estimate of drug-likeness (QED) is 0.671. The molecule has 158 valence electrons. The van der Waals surface area contributed by atoms with Crippen molar-refractivity contribution in [1.82, 2.24) is 29.5 Å². The van der Waals surface area contributed by atoms with Gasteiger partial charge in [-0.15, -0.1) is 0 Å². The van der Waals surface area contributed by atoms with Crippen molar-refractivity contribution < 1.29 is 5.11 Å². The third kappa shape index (κ3) is 3.30. The highest BCUT2D eigenvalue weighted by atomic mass is 16.3. The van der Waals surface area contributed by atoms with Crippen LogP contribution in [0.1, 0.15) is 24.1 Å². The highest BCUT2D eigenvalue weighted by molar-refractivity contribution is 5.71. The fourth-order valence-corrected chi connectivity index (χ4v) is 4.15. The van der Waals surface area contributed by atoms with Crippen LogP contribution in [0.3, 0.4) is 0 Å². The monoisotopic (exact) mass is 409 g/mol. The number of anilines is 3. The van der Waals surface area contributed by atoms with Crippen LogP contribution in [0.25, 0.3) is 11.2 Å². The van der Waals surface area contributed by atoms with Crippen LogP contribution in [-0.4, -0.2) is 74.4 Å². The van der Waals surface area contributed by atoms with Gasteiger partial charge in [0.2, 0.25) is 11.9 Å². The van der Waals surface area contributed by atoms with E-state index in [2.05, 4.69) is 24.8 Å². The van der Waals surface area contributed by atoms with E-state index in [-0.39, 0.29) is 6.10 Å². The van der Waals surface area contributed by atoms with E-state index in [0.717, 1.165) is 67.4 Å². The first-order valence-corrected chi connectivity index (χ1v) is 10.4. The molecule has 0 spiro atoms. The Morgan fingerprint density at radius 3 is 2.60 bits per heavy atom. The average molecular weight is 409 g/mol. The zero-order valence-corrected chi connectivity index (χ0v) is 17.7. The number of nitrogens with zero attached hydrogens (tertiary/aromatic N) is 9. The summed E-state index contributed by atoms with van der Waals surface area (Å²) >= 11 is 0. The minimum atomic E-state index is -0.220. The van der Waals surface area contributed by atoms with E-state index in [1.54, 1.807) is 6.33 Å². The van der Waals surface area contributed by atoms with Gasteiger partial charge in [0.15, 0.2) is 5.65 Å². The maximum absolute atomic E-state index is 9.93. The molecule has 0 saturated carbocycles. The summed E-state index contributed by atoms with van der Waals surface area (Å²) in [5, 5.41) is 9.93. The number of fused-ring (bicyclic) bond motifs is 2. The lowest BCUT2D eigenvalue weighted by molar-refractivity contribution is 0.145. The molecule has 2 aliphatic rings. The number of aliphatic hydroxyl groups excluding tert-OH is 1. The summed E-state index contributed by atoms with van der Waals surface area (Å²) < 4.78 is 1.92. The standard InChI is InChI=1S/C20H27N9O/c1-26(2)20-23-15-6-9-29(19-21-10-16-17(24-19)22-12-27(16)3)11-14(15)18(25-20)28-7-4-13(30)5-8-28/h10,12-13,30H,4-9,11H2,1-3H3. The van der Waals surface area contributed by atoms with Gasteiger partial charge in [-0.05, 0) is 12.8 Å². The second-order valence-corrected chi connectivity index (χ2v) is 8.29. The number of imidazole rings is 1. The van der Waals surface area contributed by atoms with Crippen molar-refractivity contribution in [3.8, 4) is 0 Å². The van der Waals surface area contributed by atoms with Crippen LogP contribution in [0.15, 0.2) is 12.5 Å². The summed E-state index contributed by atoms with van der Waals surface area (Å²) in [4.78, 5) is 29.8. The van der Waals surface area contributed by atoms with Gasteiger partial charge in [-0.25, -0.2) is 15.0 Å². The number of aryl methyl sites for hydroxylation is 1. The molecule has 0 unspecified atom stereocenters. The summed E-state index contributed by atoms with van der Waals surface area (Å²) in [6.45, 7) is 3.06. The molecule has 0 atom stereocenters. The Labute approximate surface area is 175 Å². The Balaban J connectivity index is 1.50. The van der Waals surface area contributed by atoms with Crippen molar-refractivity contribution in [3.05, 3.63) is 23.8 Å². The summed E-state index contributed by atoms with van der Waals surface area (Å²) in [6, 6.07) is 0. The molecule has 0 bridgehead atoms. The minimum absolute atomic E-state index is 0.220. The van der Waals surface area contributed by atoms with Crippen LogP contribution in [0.2, 0.25) is 0 Å². The molecule has 0 aliphatic carbocycles. The smallest absolute Gasteiger partial charge is 0.227 e. The molecular weight excluding hydrogens is 382 g/mol. The van der Waals surface area contributed by atoms with E-state index >= 15 is 0 Å². The predicted octanol–water partition coefficient (Wildman–Crippen LogP) is 0.743. The molecule has 10 heteroatoms. The van der Waals surface area contributed by atoms with E-state index in [1.807, 2.05) is 36.8 Å². The average Bonchev–Trinajstić information content (AvgIpc) is 3.13. The number of rotatable bonds is 3. The Bertz CT molecular complexity index is 1070. The number of aliphatic hydroxyl groups is 1. The van der Waals surface area contributed by atoms with Crippen LogP contribution in [0, 0.1) is 0 Å². The zero-order valence-electron chi connectivity index (χ0n) is 17.7. The highest BCUT2D eigenvalue weighted by Crippen LogP contribution is 2.31. The normalized spacial score (nSPS) is 17.5. The molecule has 5 rings (SSSR count). The lowest BCUT2D eigenvalue weighted by atomic mass is 10.0. The molecule has 0 amide bonds. The van der Waals surface area contributed by atoms with E-state index < -0.39 is 0 Å². The minimum Gasteiger partial charge on any atom is -0.393 e. The molecule has 3 aromatic heterocycles. The first-order chi connectivity index (χ1) is 14.5. The third-order valence-electron chi connectivity index (χ3n) is 5.94. The molecule has 0 aromatic carbocycles. The number of piperidine rings is 1. The lowest BCUT2D eigenvalue weighted by Crippen LogP contribution is -2.40. The van der Waals surface area contributed by atoms with Crippen LogP contribution >= 0.6 is 0 Å². The Morgan fingerprint density at radius 2 is 1.83 bits per heavy atom. The van der Waals surface area contributed by atoms with Crippen LogP contribution in [-0.2, 0) is 20.0 Å². The van der Waals surface area contributed by atoms with Gasteiger partial charge >= 0.3 is 0 Å². The SMILES string of the molecule is CN(C)c1nc2c(c(N3CCC(O)CC3)n1)CN(c1ncc3c(ncn3C)n1)CC2. The summed E-state index contributed by atoms with van der Waals surface area (Å²) in [5.41, 5.74) is 3.85. The van der Waals surface area contributed by atoms with E-state index in [9.17, 15) is 5.11 Å². The number of hydrogen-bond donors (Lipinski definition) is 1. The van der Waals surface area contributed by atoms with Crippen molar-refractivity contribution in [3.63, 3.8) is 0 Å². The molecule has 10 nitrogen and oxygen atoms in total. The second-order valence-electron chi connectivity index (χ2n) is 8.29. The van der Waals surface area contributed by atoms with Crippen LogP contribution < -0.4 is 14.7 Å². The highest BCUT2D eigenvalue weighted by Gasteiger charge is 2.29. The molecule has 0 radical (unpaired) electrons. The van der Waals surface area contributed by atoms with Gasteiger partial charge < -0.3 is 24.4 Å². The van der Waals surface area contributed by atoms with E-state index in [0.29, 0.717) is 18.1 Å². The van der Waals surface area contributed by atoms with Gasteiger partial charge in [-0.2, -0.15) is 9.97 Å². The molecule has 1 N–H and O–H groups in total. The van der Waals surface area contributed by atoms with Crippen LogP contribution in [0.5, 0.6) is 0 Å². The molecule has 3 aromatic rings. The third-order valence-corrected chi connectivity index (χ3v) is 5.94. The van der Waals surface area contributed by atoms with Crippen molar-refractivity contribution in [2.45, 2.75) is 31.9 Å². The Morgan fingerprint density at radius 1 is 1.03 bits per heavy atom. The first kappa shape index (κ1) is 19.0. The maximum atomic E-state index is 9.93. The summed E-state index contributed by atoms with van der Waals surface area (Å²) in [7, 11) is 5.88. The van der Waals surface area contributed by atoms with Gasteiger partial charge in [0.1, 0.15) is 11.3 Å². The molecule has 1 fully saturated rings. The summed E-state index contributed by atoms with van der Waals surface area (Å²) in [6.07, 6.45) is 5.71. The van der Waals surface area contributed by atoms with Gasteiger partial charge in [-0.3, -0.25) is 0 Å². The topological polar surface area (TPSA) is 99.3 Å². The number of hydrogen-bond acceptors (Lipinski definition) is 9. The first-order valence-electron chi connectivity index (χ1n) is 10.4. The van der Waals surface area contributed by atoms with Crippen molar-refractivity contribution in [2.24, 2.45) is 7.05 Å². The fourth-order valence-electron chi connectivity index (χ4n) is 4.15. The Kier molecular flexibility index (Phi) is 4.65. The van der Waals surface area contributed by atoms with Crippen LogP contribution in [0.4, 0.5) is 17.7 Å². The molecule has 30 heavy (non-hydrogen) atoms. The number of aromatic nitrogens is 6. The van der Waals surface area contributed by atoms with E-state index in [4.69, 9.17) is 9.97 Å². The molecule has 5 heterocycles. The van der Waals surface area contributed by atoms with Gasteiger partial charge in [-0.1, -0.05) is 0 Å². The van der Waals surface area contributed by atoms with Crippen molar-refractivity contribution in [2.75, 3.05) is 48.4 Å². The largest absolute Gasteiger partial charge is 0.393 e. The van der Waals surface area contributed by atoms with Gasteiger partial charge in [0.25, 0.3) is 0 Å². The van der Waals surface area contributed by atoms with E-state index in [1.165, 1.54) is 0 Å². The summed E-state index contributed by atoms with van der Waals surface area (Å²) in [5.74, 6) is 2.39. The molecular formula is C20H27N9O. The van der Waals surface area contributed by atoms with Gasteiger partial charge in [0, 0.05) is 52.8 Å². The van der Waals surface area contributed by atoms with Crippen molar-refractivity contribution >= 4 is 28.9 Å². The Hall–Kier alpha value is -3.01. The van der Waals surface area contributed by atoms with Crippen molar-refractivity contribution in [1.29, 1.82) is 0 Å².